The van der Waals surface area contributed by atoms with Crippen molar-refractivity contribution in [3.8, 4) is 5.75 Å². The lowest BCUT2D eigenvalue weighted by Gasteiger charge is -2.39. The molecule has 1 aliphatic rings. The molecule has 1 N–H and O–H groups in total. The molecule has 0 heterocycles. The van der Waals surface area contributed by atoms with Gasteiger partial charge in [-0.15, -0.1) is 0 Å². The van der Waals surface area contributed by atoms with Gasteiger partial charge >= 0.3 is 0 Å². The van der Waals surface area contributed by atoms with Crippen LogP contribution in [0, 0.1) is 17.7 Å². The van der Waals surface area contributed by atoms with Gasteiger partial charge < -0.3 is 9.84 Å². The van der Waals surface area contributed by atoms with Crippen LogP contribution in [-0.4, -0.2) is 12.2 Å². The summed E-state index contributed by atoms with van der Waals surface area (Å²) in [7, 11) is 1.44. The number of halogens is 1. The van der Waals surface area contributed by atoms with Crippen molar-refractivity contribution in [2.24, 2.45) is 11.8 Å². The highest BCUT2D eigenvalue weighted by molar-refractivity contribution is 5.35. The van der Waals surface area contributed by atoms with Crippen LogP contribution < -0.4 is 4.74 Å². The Labute approximate surface area is 108 Å². The van der Waals surface area contributed by atoms with Gasteiger partial charge in [-0.1, -0.05) is 26.0 Å². The summed E-state index contributed by atoms with van der Waals surface area (Å²) in [6, 6.07) is 4.99. The maximum atomic E-state index is 14.3. The fraction of sp³-hybridized carbons (Fsp3) is 0.600. The van der Waals surface area contributed by atoms with E-state index in [1.165, 1.54) is 7.11 Å². The van der Waals surface area contributed by atoms with Gasteiger partial charge in [-0.3, -0.25) is 0 Å². The molecule has 0 aliphatic heterocycles. The standard InChI is InChI=1S/C15H21FO2/c1-10-7-11(2)9-15(17,8-10)12-5-4-6-13(18-3)14(12)16/h4-6,10-11,17H,7-9H2,1-3H3. The second-order valence-corrected chi connectivity index (χ2v) is 5.71. The third kappa shape index (κ3) is 2.37. The summed E-state index contributed by atoms with van der Waals surface area (Å²) >= 11 is 0. The zero-order chi connectivity index (χ0) is 13.3. The fourth-order valence-electron chi connectivity index (χ4n) is 3.34. The number of rotatable bonds is 2. The topological polar surface area (TPSA) is 29.5 Å². The van der Waals surface area contributed by atoms with Gasteiger partial charge in [0, 0.05) is 5.56 Å². The van der Waals surface area contributed by atoms with E-state index < -0.39 is 11.4 Å². The lowest BCUT2D eigenvalue weighted by molar-refractivity contribution is -0.0391. The summed E-state index contributed by atoms with van der Waals surface area (Å²) in [6.45, 7) is 4.22. The molecule has 1 aromatic rings. The highest BCUT2D eigenvalue weighted by Crippen LogP contribution is 2.44. The van der Waals surface area contributed by atoms with Crippen LogP contribution >= 0.6 is 0 Å². The summed E-state index contributed by atoms with van der Waals surface area (Å²) in [5, 5.41) is 10.8. The molecular weight excluding hydrogens is 231 g/mol. The van der Waals surface area contributed by atoms with E-state index >= 15 is 0 Å². The van der Waals surface area contributed by atoms with Gasteiger partial charge in [0.25, 0.3) is 0 Å². The molecule has 2 unspecified atom stereocenters. The first kappa shape index (κ1) is 13.3. The largest absolute Gasteiger partial charge is 0.494 e. The minimum Gasteiger partial charge on any atom is -0.494 e. The summed E-state index contributed by atoms with van der Waals surface area (Å²) in [5.41, 5.74) is -0.685. The minimum atomic E-state index is -1.06. The Morgan fingerprint density at radius 1 is 1.28 bits per heavy atom. The lowest BCUT2D eigenvalue weighted by Crippen LogP contribution is -2.36. The SMILES string of the molecule is COc1cccc(C2(O)CC(C)CC(C)C2)c1F. The van der Waals surface area contributed by atoms with Gasteiger partial charge in [-0.2, -0.15) is 0 Å². The number of hydrogen-bond donors (Lipinski definition) is 1. The zero-order valence-electron chi connectivity index (χ0n) is 11.2. The zero-order valence-corrected chi connectivity index (χ0v) is 11.2. The Balaban J connectivity index is 2.40. The molecule has 0 spiro atoms. The van der Waals surface area contributed by atoms with E-state index in [0.717, 1.165) is 6.42 Å². The Bertz CT molecular complexity index is 421. The van der Waals surface area contributed by atoms with Crippen molar-refractivity contribution in [2.75, 3.05) is 7.11 Å². The van der Waals surface area contributed by atoms with Crippen LogP contribution in [0.4, 0.5) is 4.39 Å². The van der Waals surface area contributed by atoms with Gasteiger partial charge in [0.05, 0.1) is 12.7 Å². The van der Waals surface area contributed by atoms with E-state index in [1.54, 1.807) is 18.2 Å². The summed E-state index contributed by atoms with van der Waals surface area (Å²) in [6.07, 6.45) is 2.32. The first-order chi connectivity index (χ1) is 8.46. The molecule has 0 amide bonds. The molecule has 0 aromatic heterocycles. The van der Waals surface area contributed by atoms with Crippen molar-refractivity contribution < 1.29 is 14.2 Å². The molecule has 1 aliphatic carbocycles. The van der Waals surface area contributed by atoms with Gasteiger partial charge in [-0.05, 0) is 37.2 Å². The van der Waals surface area contributed by atoms with Crippen LogP contribution in [0.3, 0.4) is 0 Å². The first-order valence-corrected chi connectivity index (χ1v) is 6.51. The molecule has 100 valence electrons. The number of methoxy groups -OCH3 is 1. The van der Waals surface area contributed by atoms with Gasteiger partial charge in [-0.25, -0.2) is 4.39 Å². The highest BCUT2D eigenvalue weighted by atomic mass is 19.1. The van der Waals surface area contributed by atoms with E-state index in [-0.39, 0.29) is 5.75 Å². The Morgan fingerprint density at radius 3 is 2.44 bits per heavy atom. The maximum absolute atomic E-state index is 14.3. The van der Waals surface area contributed by atoms with Gasteiger partial charge in [0.2, 0.25) is 0 Å². The predicted octanol–water partition coefficient (Wildman–Crippen LogP) is 3.48. The minimum absolute atomic E-state index is 0.201. The molecule has 2 atom stereocenters. The predicted molar refractivity (Wildman–Crippen MR) is 69.0 cm³/mol. The second-order valence-electron chi connectivity index (χ2n) is 5.71. The average molecular weight is 252 g/mol. The number of hydrogen-bond acceptors (Lipinski definition) is 2. The van der Waals surface area contributed by atoms with Crippen molar-refractivity contribution in [1.29, 1.82) is 0 Å². The summed E-state index contributed by atoms with van der Waals surface area (Å²) in [4.78, 5) is 0. The van der Waals surface area contributed by atoms with Crippen molar-refractivity contribution in [1.82, 2.24) is 0 Å². The van der Waals surface area contributed by atoms with Gasteiger partial charge in [0.1, 0.15) is 0 Å². The molecule has 1 fully saturated rings. The molecule has 0 bridgehead atoms. The highest BCUT2D eigenvalue weighted by Gasteiger charge is 2.39. The van der Waals surface area contributed by atoms with Crippen LogP contribution in [0.2, 0.25) is 0 Å². The van der Waals surface area contributed by atoms with Crippen LogP contribution in [0.1, 0.15) is 38.7 Å². The van der Waals surface area contributed by atoms with E-state index in [4.69, 9.17) is 4.74 Å². The number of aliphatic hydroxyl groups is 1. The van der Waals surface area contributed by atoms with Crippen molar-refractivity contribution in [3.63, 3.8) is 0 Å². The Hall–Kier alpha value is -1.09. The molecule has 0 radical (unpaired) electrons. The summed E-state index contributed by atoms with van der Waals surface area (Å²) < 4.78 is 19.3. The maximum Gasteiger partial charge on any atom is 0.171 e. The average Bonchev–Trinajstić information content (AvgIpc) is 2.27. The van der Waals surface area contributed by atoms with Crippen molar-refractivity contribution in [3.05, 3.63) is 29.6 Å². The third-order valence-corrected chi connectivity index (χ3v) is 3.86. The molecule has 1 saturated carbocycles. The molecular formula is C15H21FO2. The monoisotopic (exact) mass is 252 g/mol. The molecule has 3 heteroatoms. The van der Waals surface area contributed by atoms with Crippen LogP contribution in [-0.2, 0) is 5.60 Å². The third-order valence-electron chi connectivity index (χ3n) is 3.86. The Kier molecular flexibility index (Phi) is 3.62. The van der Waals surface area contributed by atoms with E-state index in [9.17, 15) is 9.50 Å². The summed E-state index contributed by atoms with van der Waals surface area (Å²) in [5.74, 6) is 0.587. The van der Waals surface area contributed by atoms with Gasteiger partial charge in [0.15, 0.2) is 11.6 Å². The second kappa shape index (κ2) is 4.88. The molecule has 2 rings (SSSR count). The van der Waals surface area contributed by atoms with Crippen molar-refractivity contribution >= 4 is 0 Å². The Morgan fingerprint density at radius 2 is 1.89 bits per heavy atom. The van der Waals surface area contributed by atoms with E-state index in [1.807, 2.05) is 0 Å². The van der Waals surface area contributed by atoms with Crippen LogP contribution in [0.5, 0.6) is 5.75 Å². The molecule has 0 saturated heterocycles. The van der Waals surface area contributed by atoms with Crippen LogP contribution in [0.25, 0.3) is 0 Å². The lowest BCUT2D eigenvalue weighted by atomic mass is 9.70. The van der Waals surface area contributed by atoms with Crippen LogP contribution in [0.15, 0.2) is 18.2 Å². The van der Waals surface area contributed by atoms with E-state index in [2.05, 4.69) is 13.8 Å². The fourth-order valence-corrected chi connectivity index (χ4v) is 3.34. The van der Waals surface area contributed by atoms with Crippen molar-refractivity contribution in [2.45, 2.75) is 38.7 Å². The molecule has 18 heavy (non-hydrogen) atoms. The van der Waals surface area contributed by atoms with E-state index in [0.29, 0.717) is 30.2 Å². The molecule has 1 aromatic carbocycles. The number of ether oxygens (including phenoxy) is 1. The smallest absolute Gasteiger partial charge is 0.171 e. The molecule has 2 nitrogen and oxygen atoms in total. The normalized spacial score (nSPS) is 32.3. The first-order valence-electron chi connectivity index (χ1n) is 6.51. The number of benzene rings is 1. The quantitative estimate of drug-likeness (QED) is 0.873.